The quantitative estimate of drug-likeness (QED) is 0.228. The zero-order chi connectivity index (χ0) is 26.5. The highest BCUT2D eigenvalue weighted by molar-refractivity contribution is 6.30. The fraction of sp³-hybridized carbons (Fsp3) is 0.355. The van der Waals surface area contributed by atoms with E-state index in [2.05, 4.69) is 51.9 Å². The van der Waals surface area contributed by atoms with Crippen LogP contribution in [0.25, 0.3) is 10.9 Å². The van der Waals surface area contributed by atoms with Gasteiger partial charge in [-0.15, -0.1) is 0 Å². The van der Waals surface area contributed by atoms with Gasteiger partial charge < -0.3 is 15.5 Å². The molecule has 4 aromatic rings. The minimum absolute atomic E-state index is 0.249. The number of anilines is 2. The van der Waals surface area contributed by atoms with Gasteiger partial charge >= 0.3 is 0 Å². The predicted octanol–water partition coefficient (Wildman–Crippen LogP) is 7.40. The Morgan fingerprint density at radius 1 is 0.816 bits per heavy atom. The Hall–Kier alpha value is -2.86. The number of nitrogens with one attached hydrogen (secondary N) is 2. The third kappa shape index (κ3) is 6.58. The Morgan fingerprint density at radius 2 is 1.42 bits per heavy atom. The fourth-order valence-electron chi connectivity index (χ4n) is 5.41. The monoisotopic (exact) mass is 547 g/mol. The number of fused-ring (bicyclic) bond motifs is 1. The summed E-state index contributed by atoms with van der Waals surface area (Å²) < 4.78 is 0. The maximum atomic E-state index is 6.15. The number of hydrogen-bond donors (Lipinski definition) is 2. The number of benzene rings is 3. The Morgan fingerprint density at radius 3 is 2.03 bits per heavy atom. The van der Waals surface area contributed by atoms with E-state index in [1.807, 2.05) is 50.5 Å². The molecule has 0 unspecified atom stereocenters. The number of para-hydroxylation sites is 1. The average Bonchev–Trinajstić information content (AvgIpc) is 2.93. The molecule has 1 aliphatic carbocycles. The molecule has 5 rings (SSSR count). The molecule has 0 aliphatic heterocycles. The summed E-state index contributed by atoms with van der Waals surface area (Å²) in [6, 6.07) is 25.0. The lowest BCUT2D eigenvalue weighted by Crippen LogP contribution is -2.33. The van der Waals surface area contributed by atoms with Crippen LogP contribution in [0.3, 0.4) is 0 Å². The third-order valence-electron chi connectivity index (χ3n) is 7.51. The van der Waals surface area contributed by atoms with Crippen molar-refractivity contribution in [1.29, 1.82) is 0 Å². The summed E-state index contributed by atoms with van der Waals surface area (Å²) in [4.78, 5) is 11.7. The smallest absolute Gasteiger partial charge is 0.225 e. The summed E-state index contributed by atoms with van der Waals surface area (Å²) >= 11 is 12.3. The second-order valence-electron chi connectivity index (χ2n) is 10.5. The molecule has 5 nitrogen and oxygen atoms in total. The summed E-state index contributed by atoms with van der Waals surface area (Å²) in [5.74, 6) is 2.59. The van der Waals surface area contributed by atoms with Crippen molar-refractivity contribution in [3.63, 3.8) is 0 Å². The van der Waals surface area contributed by atoms with E-state index in [-0.39, 0.29) is 5.92 Å². The van der Waals surface area contributed by atoms with E-state index in [1.165, 1.54) is 24.0 Å². The van der Waals surface area contributed by atoms with E-state index >= 15 is 0 Å². The normalized spacial score (nSPS) is 17.6. The van der Waals surface area contributed by atoms with Gasteiger partial charge in [-0.1, -0.05) is 59.6 Å². The van der Waals surface area contributed by atoms with Crippen molar-refractivity contribution in [2.24, 2.45) is 5.92 Å². The van der Waals surface area contributed by atoms with Crippen LogP contribution in [0.1, 0.15) is 42.7 Å². The maximum Gasteiger partial charge on any atom is 0.225 e. The molecule has 0 bridgehead atoms. The minimum atomic E-state index is 0.249. The van der Waals surface area contributed by atoms with Crippen molar-refractivity contribution in [2.45, 2.75) is 37.6 Å². The highest BCUT2D eigenvalue weighted by Crippen LogP contribution is 2.30. The van der Waals surface area contributed by atoms with Crippen LogP contribution in [0.5, 0.6) is 0 Å². The molecule has 7 heteroatoms. The predicted molar refractivity (Wildman–Crippen MR) is 161 cm³/mol. The van der Waals surface area contributed by atoms with E-state index in [4.69, 9.17) is 33.2 Å². The minimum Gasteiger partial charge on any atom is -0.362 e. The first-order valence-corrected chi connectivity index (χ1v) is 14.1. The standard InChI is InChI=1S/C31H35Cl2N5/c1-38(2)30-27-5-3-4-6-29(27)36-31(37-30)35-26-17-7-21(8-18-26)19-34-20-28(22-9-13-24(32)14-10-22)23-11-15-25(33)16-12-23/h3-6,9-16,21,26,28,34H,7-8,17-20H2,1-2H3,(H,35,36,37). The first kappa shape index (κ1) is 26.7. The number of nitrogens with zero attached hydrogens (tertiary/aromatic N) is 3. The molecule has 2 N–H and O–H groups in total. The molecule has 1 aromatic heterocycles. The van der Waals surface area contributed by atoms with Gasteiger partial charge in [0.1, 0.15) is 5.82 Å². The first-order valence-electron chi connectivity index (χ1n) is 13.4. The molecule has 1 saturated carbocycles. The van der Waals surface area contributed by atoms with Gasteiger partial charge in [-0.05, 0) is 85.7 Å². The Balaban J connectivity index is 1.16. The number of halogens is 2. The molecular weight excluding hydrogens is 513 g/mol. The van der Waals surface area contributed by atoms with E-state index in [9.17, 15) is 0 Å². The van der Waals surface area contributed by atoms with E-state index in [0.29, 0.717) is 12.0 Å². The van der Waals surface area contributed by atoms with Crippen LogP contribution in [-0.4, -0.2) is 43.2 Å². The third-order valence-corrected chi connectivity index (χ3v) is 8.02. The molecule has 0 saturated heterocycles. The van der Waals surface area contributed by atoms with Crippen molar-refractivity contribution in [1.82, 2.24) is 15.3 Å². The number of rotatable bonds is 9. The molecular formula is C31H35Cl2N5. The van der Waals surface area contributed by atoms with Crippen LogP contribution in [0.4, 0.5) is 11.8 Å². The lowest BCUT2D eigenvalue weighted by molar-refractivity contribution is 0.323. The summed E-state index contributed by atoms with van der Waals surface area (Å²) in [6.07, 6.45) is 4.62. The summed E-state index contributed by atoms with van der Waals surface area (Å²) in [7, 11) is 4.06. The second-order valence-corrected chi connectivity index (χ2v) is 11.3. The largest absolute Gasteiger partial charge is 0.362 e. The fourth-order valence-corrected chi connectivity index (χ4v) is 5.66. The first-order chi connectivity index (χ1) is 18.5. The van der Waals surface area contributed by atoms with Gasteiger partial charge in [-0.2, -0.15) is 4.98 Å². The van der Waals surface area contributed by atoms with Crippen molar-refractivity contribution in [3.05, 3.63) is 94.0 Å². The molecule has 1 fully saturated rings. The van der Waals surface area contributed by atoms with Crippen molar-refractivity contribution in [2.75, 3.05) is 37.4 Å². The molecule has 1 heterocycles. The van der Waals surface area contributed by atoms with Gasteiger partial charge in [-0.3, -0.25) is 0 Å². The zero-order valence-corrected chi connectivity index (χ0v) is 23.5. The Bertz CT molecular complexity index is 1290. The van der Waals surface area contributed by atoms with Gasteiger partial charge in [0, 0.05) is 48.0 Å². The van der Waals surface area contributed by atoms with Gasteiger partial charge in [0.2, 0.25) is 5.95 Å². The van der Waals surface area contributed by atoms with Crippen LogP contribution >= 0.6 is 23.2 Å². The van der Waals surface area contributed by atoms with Gasteiger partial charge in [0.05, 0.1) is 5.52 Å². The van der Waals surface area contributed by atoms with Crippen LogP contribution < -0.4 is 15.5 Å². The van der Waals surface area contributed by atoms with E-state index in [1.54, 1.807) is 0 Å². The van der Waals surface area contributed by atoms with E-state index < -0.39 is 0 Å². The molecule has 38 heavy (non-hydrogen) atoms. The topological polar surface area (TPSA) is 53.1 Å². The maximum absolute atomic E-state index is 6.15. The van der Waals surface area contributed by atoms with Crippen molar-refractivity contribution in [3.8, 4) is 0 Å². The van der Waals surface area contributed by atoms with Crippen LogP contribution in [-0.2, 0) is 0 Å². The van der Waals surface area contributed by atoms with Crippen LogP contribution in [0, 0.1) is 5.92 Å². The molecule has 0 radical (unpaired) electrons. The lowest BCUT2D eigenvalue weighted by atomic mass is 9.85. The Kier molecular flexibility index (Phi) is 8.68. The van der Waals surface area contributed by atoms with Gasteiger partial charge in [0.15, 0.2) is 0 Å². The number of aromatic nitrogens is 2. The van der Waals surface area contributed by atoms with Crippen LogP contribution in [0.2, 0.25) is 10.0 Å². The van der Waals surface area contributed by atoms with Gasteiger partial charge in [0.25, 0.3) is 0 Å². The molecule has 0 atom stereocenters. The second kappa shape index (κ2) is 12.3. The highest BCUT2D eigenvalue weighted by Gasteiger charge is 2.23. The Labute approximate surface area is 235 Å². The molecule has 198 valence electrons. The summed E-state index contributed by atoms with van der Waals surface area (Å²) in [5.41, 5.74) is 3.48. The zero-order valence-electron chi connectivity index (χ0n) is 22.0. The molecule has 0 spiro atoms. The highest BCUT2D eigenvalue weighted by atomic mass is 35.5. The van der Waals surface area contributed by atoms with Crippen LogP contribution in [0.15, 0.2) is 72.8 Å². The van der Waals surface area contributed by atoms with Crippen molar-refractivity contribution >= 4 is 45.9 Å². The van der Waals surface area contributed by atoms with Crippen molar-refractivity contribution < 1.29 is 0 Å². The lowest BCUT2D eigenvalue weighted by Gasteiger charge is -2.30. The SMILES string of the molecule is CN(C)c1nc(NC2CCC(CNCC(c3ccc(Cl)cc3)c3ccc(Cl)cc3)CC2)nc2ccccc12. The number of hydrogen-bond acceptors (Lipinski definition) is 5. The summed E-state index contributed by atoms with van der Waals surface area (Å²) in [6.45, 7) is 1.89. The summed E-state index contributed by atoms with van der Waals surface area (Å²) in [5, 5.41) is 9.99. The molecule has 0 amide bonds. The van der Waals surface area contributed by atoms with E-state index in [0.717, 1.165) is 58.6 Å². The van der Waals surface area contributed by atoms with Gasteiger partial charge in [-0.25, -0.2) is 4.98 Å². The molecule has 1 aliphatic rings. The average molecular weight is 549 g/mol. The molecule has 3 aromatic carbocycles.